The summed E-state index contributed by atoms with van der Waals surface area (Å²) in [6.45, 7) is 13.1. The summed E-state index contributed by atoms with van der Waals surface area (Å²) < 4.78 is 5.92. The number of hydrogen-bond acceptors (Lipinski definition) is 3. The number of amides is 1. The molecule has 1 heterocycles. The first kappa shape index (κ1) is 28.7. The zero-order valence-electron chi connectivity index (χ0n) is 25.4. The molecule has 0 aromatic carbocycles. The lowest BCUT2D eigenvalue weighted by Crippen LogP contribution is -2.51. The molecule has 4 nitrogen and oxygen atoms in total. The standard InChI is InChI=1S/C35H54N2O2/c1-24(2)9-8-10-25(3)30-14-15-31-29-13-12-26-23-28(16-19-34(26,4)32(29)17-20-35(30,31)5)39-33(38)37-22-18-27-11-6-7-21-36-27/h6-7,11-12,21,24-25,28-32H,8-10,13-20,22-23H2,1-5H3,(H,37,38)/t25-,28+,29?,30?,31?,32+,34+,35-/m1/s1. The maximum atomic E-state index is 12.5. The predicted molar refractivity (Wildman–Crippen MR) is 159 cm³/mol. The van der Waals surface area contributed by atoms with Crippen molar-refractivity contribution in [1.82, 2.24) is 10.3 Å². The number of allylic oxidation sites excluding steroid dienone is 1. The van der Waals surface area contributed by atoms with Crippen LogP contribution in [0.5, 0.6) is 0 Å². The van der Waals surface area contributed by atoms with Crippen molar-refractivity contribution in [3.8, 4) is 0 Å². The molecular weight excluding hydrogens is 480 g/mol. The van der Waals surface area contributed by atoms with Crippen LogP contribution in [0.2, 0.25) is 0 Å². The van der Waals surface area contributed by atoms with Gasteiger partial charge in [0.05, 0.1) is 0 Å². The monoisotopic (exact) mass is 534 g/mol. The highest BCUT2D eigenvalue weighted by Crippen LogP contribution is 2.67. The van der Waals surface area contributed by atoms with E-state index in [9.17, 15) is 4.79 Å². The van der Waals surface area contributed by atoms with Crippen molar-refractivity contribution < 1.29 is 9.53 Å². The number of alkyl carbamates (subject to hydrolysis) is 1. The fraction of sp³-hybridized carbons (Fsp3) is 0.771. The molecule has 4 aliphatic carbocycles. The quantitative estimate of drug-likeness (QED) is 0.322. The molecule has 4 aliphatic rings. The molecule has 3 saturated carbocycles. The Kier molecular flexibility index (Phi) is 8.79. The number of pyridine rings is 1. The Morgan fingerprint density at radius 3 is 2.69 bits per heavy atom. The van der Waals surface area contributed by atoms with Gasteiger partial charge in [0, 0.05) is 31.3 Å². The SMILES string of the molecule is CC(C)CCC[C@@H](C)C1CCC2C3CC=C4C[C@@H](OC(=O)NCCc5ccccn5)CC[C@]4(C)[C@H]3CC[C@@]21C. The third-order valence-electron chi connectivity index (χ3n) is 11.9. The summed E-state index contributed by atoms with van der Waals surface area (Å²) in [6, 6.07) is 5.89. The summed E-state index contributed by atoms with van der Waals surface area (Å²) in [5.74, 6) is 5.15. The number of nitrogens with zero attached hydrogens (tertiary/aromatic N) is 1. The number of nitrogens with one attached hydrogen (secondary N) is 1. The molecule has 216 valence electrons. The summed E-state index contributed by atoms with van der Waals surface area (Å²) in [5.41, 5.74) is 3.40. The van der Waals surface area contributed by atoms with Gasteiger partial charge in [0.25, 0.3) is 0 Å². The lowest BCUT2D eigenvalue weighted by molar-refractivity contribution is -0.0581. The van der Waals surface area contributed by atoms with E-state index in [0.717, 1.165) is 66.9 Å². The third kappa shape index (κ3) is 5.96. The molecule has 0 aliphatic heterocycles. The number of aromatic nitrogens is 1. The summed E-state index contributed by atoms with van der Waals surface area (Å²) in [5, 5.41) is 2.95. The molecular formula is C35H54N2O2. The molecule has 0 bridgehead atoms. The van der Waals surface area contributed by atoms with E-state index in [4.69, 9.17) is 4.74 Å². The van der Waals surface area contributed by atoms with E-state index in [-0.39, 0.29) is 12.2 Å². The van der Waals surface area contributed by atoms with Gasteiger partial charge in [-0.25, -0.2) is 4.79 Å². The highest BCUT2D eigenvalue weighted by Gasteiger charge is 2.59. The lowest BCUT2D eigenvalue weighted by atomic mass is 9.47. The van der Waals surface area contributed by atoms with Crippen molar-refractivity contribution in [1.29, 1.82) is 0 Å². The van der Waals surface area contributed by atoms with Crippen LogP contribution in [0.15, 0.2) is 36.0 Å². The molecule has 3 unspecified atom stereocenters. The molecule has 0 saturated heterocycles. The Hall–Kier alpha value is -1.84. The van der Waals surface area contributed by atoms with Crippen molar-refractivity contribution in [3.05, 3.63) is 41.7 Å². The fourth-order valence-corrected chi connectivity index (χ4v) is 9.78. The number of ether oxygens (including phenoxy) is 1. The van der Waals surface area contributed by atoms with Crippen LogP contribution >= 0.6 is 0 Å². The van der Waals surface area contributed by atoms with Gasteiger partial charge in [0.15, 0.2) is 0 Å². The average Bonchev–Trinajstić information content (AvgIpc) is 3.26. The smallest absolute Gasteiger partial charge is 0.407 e. The average molecular weight is 535 g/mol. The highest BCUT2D eigenvalue weighted by atomic mass is 16.6. The summed E-state index contributed by atoms with van der Waals surface area (Å²) in [6.07, 6.45) is 19.1. The number of hydrogen-bond donors (Lipinski definition) is 1. The third-order valence-corrected chi connectivity index (χ3v) is 11.9. The second-order valence-electron chi connectivity index (χ2n) is 14.6. The number of carbonyl (C=O) groups excluding carboxylic acids is 1. The van der Waals surface area contributed by atoms with Crippen molar-refractivity contribution in [2.24, 2.45) is 46.3 Å². The number of carbonyl (C=O) groups is 1. The topological polar surface area (TPSA) is 51.2 Å². The molecule has 4 heteroatoms. The number of rotatable bonds is 9. The van der Waals surface area contributed by atoms with E-state index >= 15 is 0 Å². The zero-order valence-corrected chi connectivity index (χ0v) is 25.4. The zero-order chi connectivity index (χ0) is 27.6. The van der Waals surface area contributed by atoms with Crippen LogP contribution in [-0.4, -0.2) is 23.7 Å². The minimum Gasteiger partial charge on any atom is -0.446 e. The van der Waals surface area contributed by atoms with Crippen LogP contribution in [0.3, 0.4) is 0 Å². The summed E-state index contributed by atoms with van der Waals surface area (Å²) in [7, 11) is 0. The molecule has 3 fully saturated rings. The van der Waals surface area contributed by atoms with E-state index in [1.807, 2.05) is 18.2 Å². The Morgan fingerprint density at radius 2 is 1.92 bits per heavy atom. The molecule has 1 aromatic heterocycles. The second-order valence-corrected chi connectivity index (χ2v) is 14.6. The van der Waals surface area contributed by atoms with Gasteiger partial charge in [-0.3, -0.25) is 4.98 Å². The first-order chi connectivity index (χ1) is 18.7. The van der Waals surface area contributed by atoms with Gasteiger partial charge in [-0.2, -0.15) is 0 Å². The van der Waals surface area contributed by atoms with E-state index in [1.54, 1.807) is 11.8 Å². The van der Waals surface area contributed by atoms with Crippen LogP contribution in [0.25, 0.3) is 0 Å². The highest BCUT2D eigenvalue weighted by molar-refractivity contribution is 5.67. The number of fused-ring (bicyclic) bond motifs is 5. The molecule has 1 aromatic rings. The Labute approximate surface area is 238 Å². The summed E-state index contributed by atoms with van der Waals surface area (Å²) >= 11 is 0. The molecule has 1 amide bonds. The molecule has 8 atom stereocenters. The molecule has 0 radical (unpaired) electrons. The van der Waals surface area contributed by atoms with Crippen LogP contribution in [-0.2, 0) is 11.2 Å². The first-order valence-electron chi connectivity index (χ1n) is 16.2. The Bertz CT molecular complexity index is 1010. The lowest BCUT2D eigenvalue weighted by Gasteiger charge is -2.58. The van der Waals surface area contributed by atoms with Crippen molar-refractivity contribution >= 4 is 6.09 Å². The Balaban J connectivity index is 1.16. The molecule has 39 heavy (non-hydrogen) atoms. The van der Waals surface area contributed by atoms with Gasteiger partial charge in [-0.05, 0) is 103 Å². The van der Waals surface area contributed by atoms with Crippen molar-refractivity contribution in [2.75, 3.05) is 6.54 Å². The van der Waals surface area contributed by atoms with Crippen LogP contribution in [0.4, 0.5) is 4.79 Å². The van der Waals surface area contributed by atoms with E-state index in [2.05, 4.69) is 51.0 Å². The largest absolute Gasteiger partial charge is 0.446 e. The maximum Gasteiger partial charge on any atom is 0.407 e. The maximum absolute atomic E-state index is 12.5. The minimum atomic E-state index is -0.276. The van der Waals surface area contributed by atoms with Gasteiger partial charge in [-0.15, -0.1) is 0 Å². The van der Waals surface area contributed by atoms with Gasteiger partial charge in [0.2, 0.25) is 0 Å². The van der Waals surface area contributed by atoms with Gasteiger partial charge in [0.1, 0.15) is 6.10 Å². The van der Waals surface area contributed by atoms with Crippen molar-refractivity contribution in [3.63, 3.8) is 0 Å². The van der Waals surface area contributed by atoms with E-state index in [1.165, 1.54) is 51.4 Å². The van der Waals surface area contributed by atoms with Crippen LogP contribution in [0, 0.1) is 46.3 Å². The first-order valence-corrected chi connectivity index (χ1v) is 16.2. The predicted octanol–water partition coefficient (Wildman–Crippen LogP) is 8.76. The minimum absolute atomic E-state index is 0.00660. The van der Waals surface area contributed by atoms with Gasteiger partial charge >= 0.3 is 6.09 Å². The Morgan fingerprint density at radius 1 is 1.08 bits per heavy atom. The van der Waals surface area contributed by atoms with Crippen LogP contribution in [0.1, 0.15) is 111 Å². The van der Waals surface area contributed by atoms with Gasteiger partial charge in [-0.1, -0.05) is 71.6 Å². The van der Waals surface area contributed by atoms with Gasteiger partial charge < -0.3 is 10.1 Å². The van der Waals surface area contributed by atoms with E-state index in [0.29, 0.717) is 17.4 Å². The van der Waals surface area contributed by atoms with Crippen LogP contribution < -0.4 is 5.32 Å². The molecule has 5 rings (SSSR count). The van der Waals surface area contributed by atoms with Crippen molar-refractivity contribution in [2.45, 2.75) is 118 Å². The molecule has 0 spiro atoms. The summed E-state index contributed by atoms with van der Waals surface area (Å²) in [4.78, 5) is 16.9. The molecule has 1 N–H and O–H groups in total. The fourth-order valence-electron chi connectivity index (χ4n) is 9.78. The normalized spacial score (nSPS) is 36.4. The van der Waals surface area contributed by atoms with E-state index < -0.39 is 0 Å². The second kappa shape index (κ2) is 12.0.